The number of morpholine rings is 3. The van der Waals surface area contributed by atoms with Crippen LogP contribution in [0.4, 0.5) is 9.59 Å². The molecule has 0 spiro atoms. The van der Waals surface area contributed by atoms with Gasteiger partial charge in [0.1, 0.15) is 17.8 Å². The van der Waals surface area contributed by atoms with Gasteiger partial charge in [-0.2, -0.15) is 0 Å². The average molecular weight is 865 g/mol. The molecule has 3 heterocycles. The number of aliphatic hydroxyl groups is 4. The van der Waals surface area contributed by atoms with Gasteiger partial charge in [0.15, 0.2) is 5.78 Å². The fourth-order valence-electron chi connectivity index (χ4n) is 4.95. The molecule has 0 bridgehead atoms. The first-order valence-corrected chi connectivity index (χ1v) is 20.1. The minimum atomic E-state index is -0.436. The molecule has 58 heavy (non-hydrogen) atoms. The summed E-state index contributed by atoms with van der Waals surface area (Å²) in [4.78, 5) is 36.8. The fraction of sp³-hybridized carbons (Fsp3) is 0.925. The zero-order valence-corrected chi connectivity index (χ0v) is 39.5. The van der Waals surface area contributed by atoms with Crippen molar-refractivity contribution in [2.24, 2.45) is 5.73 Å². The number of halogens is 1. The van der Waals surface area contributed by atoms with Gasteiger partial charge in [-0.05, 0) is 111 Å². The molecule has 9 atom stereocenters. The quantitative estimate of drug-likeness (QED) is 0.203. The van der Waals surface area contributed by atoms with Crippen molar-refractivity contribution in [2.75, 3.05) is 66.1 Å². The lowest BCUT2D eigenvalue weighted by Gasteiger charge is -2.39. The van der Waals surface area contributed by atoms with Crippen molar-refractivity contribution in [2.45, 2.75) is 176 Å². The monoisotopic (exact) mass is 864 g/mol. The van der Waals surface area contributed by atoms with E-state index in [1.54, 1.807) is 16.7 Å². The molecule has 18 heteroatoms. The number of Topliss-reactive ketones (excluding diaryl/α,β-unsaturated/α-hetero) is 1. The first-order chi connectivity index (χ1) is 26.2. The largest absolute Gasteiger partial charge is 0.444 e. The summed E-state index contributed by atoms with van der Waals surface area (Å²) in [7, 11) is 0. The zero-order chi connectivity index (χ0) is 45.1. The van der Waals surface area contributed by atoms with E-state index in [0.717, 1.165) is 13.2 Å². The SMILES string of the molecule is CC(=O)CO.CC(CO)N[C@@H](C)CO.CC1COC[C@H](C)N1.C[C@@H]1COC[C@H](C)N1C(=O)OC(C)(C)C.C[C@H](N)CO.C[C@H]1COC[C@H](C)N1C(=O)OC(C)(C)C.Cl. The van der Waals surface area contributed by atoms with Crippen LogP contribution in [-0.4, -0.2) is 180 Å². The molecule has 0 aromatic rings. The van der Waals surface area contributed by atoms with Crippen LogP contribution in [0.15, 0.2) is 0 Å². The molecule has 350 valence electrons. The number of rotatable bonds is 6. The zero-order valence-electron chi connectivity index (χ0n) is 38.7. The van der Waals surface area contributed by atoms with Crippen LogP contribution >= 0.6 is 12.4 Å². The molecule has 0 saturated carbocycles. The summed E-state index contributed by atoms with van der Waals surface area (Å²) >= 11 is 0. The summed E-state index contributed by atoms with van der Waals surface area (Å²) in [6.07, 6.45) is -0.489. The van der Waals surface area contributed by atoms with Crippen molar-refractivity contribution in [3.05, 3.63) is 0 Å². The molecule has 0 aliphatic carbocycles. The summed E-state index contributed by atoms with van der Waals surface area (Å²) in [5.74, 6) is -0.190. The Morgan fingerprint density at radius 3 is 1.09 bits per heavy atom. The molecule has 3 aliphatic heterocycles. The number of amides is 2. The molecule has 2 unspecified atom stereocenters. The van der Waals surface area contributed by atoms with Gasteiger partial charge in [-0.15, -0.1) is 12.4 Å². The van der Waals surface area contributed by atoms with Crippen LogP contribution in [0.25, 0.3) is 0 Å². The van der Waals surface area contributed by atoms with E-state index in [1.807, 2.05) is 83.1 Å². The number of ether oxygens (including phenoxy) is 5. The number of aliphatic hydroxyl groups excluding tert-OH is 4. The highest BCUT2D eigenvalue weighted by atomic mass is 35.5. The number of hydrogen-bond donors (Lipinski definition) is 7. The van der Waals surface area contributed by atoms with E-state index < -0.39 is 11.2 Å². The number of carbonyl (C=O) groups is 3. The average Bonchev–Trinajstić information content (AvgIpc) is 3.07. The third-order valence-corrected chi connectivity index (χ3v) is 7.48. The number of nitrogens with two attached hydrogens (primary N) is 1. The highest BCUT2D eigenvalue weighted by molar-refractivity contribution is 5.85. The molecular weight excluding hydrogens is 778 g/mol. The number of nitrogens with zero attached hydrogens (tertiary/aromatic N) is 2. The minimum Gasteiger partial charge on any atom is -0.444 e. The van der Waals surface area contributed by atoms with Crippen LogP contribution in [0, 0.1) is 0 Å². The van der Waals surface area contributed by atoms with Gasteiger partial charge in [-0.1, -0.05) is 0 Å². The van der Waals surface area contributed by atoms with Crippen LogP contribution in [0.3, 0.4) is 0 Å². The molecule has 3 saturated heterocycles. The standard InChI is InChI=1S/2C11H21NO3.C6H15NO2.C6H13NO.C3H9NO.C3H6O2.ClH/c2*1-8-6-14-7-9(2)12(8)10(13)15-11(3,4)5;1-5(3-8)7-6(2)4-9;1-5-3-8-4-6(2)7-5;1-3(4)2-5;1-3(5)2-4;/h2*8-9H,6-7H2,1-5H3;5-9H,3-4H2,1-2H3;5-7H,3-4H2,1-2H3;3,5H,2,4H2,1H3;4H,2H2,1H3;1H/t8-,9+;8-,9-;2*5-,6?;3-;;/m.0000../s1. The summed E-state index contributed by atoms with van der Waals surface area (Å²) < 4.78 is 26.6. The van der Waals surface area contributed by atoms with E-state index in [2.05, 4.69) is 24.5 Å². The summed E-state index contributed by atoms with van der Waals surface area (Å²) in [5.41, 5.74) is 4.17. The molecular formula is C40H86ClN5O12. The van der Waals surface area contributed by atoms with Crippen molar-refractivity contribution in [3.63, 3.8) is 0 Å². The molecule has 3 fully saturated rings. The minimum absolute atomic E-state index is 0. The van der Waals surface area contributed by atoms with Crippen molar-refractivity contribution in [1.82, 2.24) is 20.4 Å². The maximum Gasteiger partial charge on any atom is 0.410 e. The van der Waals surface area contributed by atoms with Crippen molar-refractivity contribution < 1.29 is 58.5 Å². The van der Waals surface area contributed by atoms with Crippen LogP contribution in [0.1, 0.15) is 111 Å². The Balaban J connectivity index is -0.000000316. The number of carbonyl (C=O) groups excluding carboxylic acids is 3. The number of ketones is 1. The van der Waals surface area contributed by atoms with Crippen molar-refractivity contribution in [1.29, 1.82) is 0 Å². The van der Waals surface area contributed by atoms with Crippen LogP contribution in [-0.2, 0) is 28.5 Å². The maximum absolute atomic E-state index is 11.9. The number of hydrogen-bond acceptors (Lipinski definition) is 15. The van der Waals surface area contributed by atoms with Gasteiger partial charge >= 0.3 is 12.2 Å². The Kier molecular flexibility index (Phi) is 36.5. The Bertz CT molecular complexity index is 965. The Morgan fingerprint density at radius 1 is 0.655 bits per heavy atom. The van der Waals surface area contributed by atoms with Crippen molar-refractivity contribution in [3.8, 4) is 0 Å². The van der Waals surface area contributed by atoms with E-state index in [4.69, 9.17) is 49.8 Å². The predicted molar refractivity (Wildman–Crippen MR) is 230 cm³/mol. The topological polar surface area (TPSA) is 235 Å². The van der Waals surface area contributed by atoms with Gasteiger partial charge in [0.2, 0.25) is 0 Å². The highest BCUT2D eigenvalue weighted by Gasteiger charge is 2.34. The summed E-state index contributed by atoms with van der Waals surface area (Å²) in [5, 5.41) is 39.2. The second-order valence-electron chi connectivity index (χ2n) is 17.1. The summed E-state index contributed by atoms with van der Waals surface area (Å²) in [6, 6.07) is 1.52. The normalized spacial score (nSPS) is 24.4. The first-order valence-electron chi connectivity index (χ1n) is 20.1. The van der Waals surface area contributed by atoms with Gasteiger partial charge in [-0.25, -0.2) is 9.59 Å². The van der Waals surface area contributed by atoms with Gasteiger partial charge in [-0.3, -0.25) is 14.6 Å². The van der Waals surface area contributed by atoms with E-state index in [1.165, 1.54) is 6.92 Å². The lowest BCUT2D eigenvalue weighted by Crippen LogP contribution is -2.53. The molecule has 0 aromatic carbocycles. The van der Waals surface area contributed by atoms with E-state index in [-0.39, 0.29) is 99.1 Å². The Hall–Kier alpha value is -1.90. The summed E-state index contributed by atoms with van der Waals surface area (Å²) in [6.45, 7) is 34.3. The third kappa shape index (κ3) is 34.9. The van der Waals surface area contributed by atoms with E-state index >= 15 is 0 Å². The lowest BCUT2D eigenvalue weighted by molar-refractivity contribution is -0.119. The van der Waals surface area contributed by atoms with Crippen LogP contribution < -0.4 is 16.4 Å². The van der Waals surface area contributed by atoms with Gasteiger partial charge in [0, 0.05) is 30.2 Å². The predicted octanol–water partition coefficient (Wildman–Crippen LogP) is 3.10. The van der Waals surface area contributed by atoms with Crippen LogP contribution in [0.2, 0.25) is 0 Å². The Labute approximate surface area is 356 Å². The van der Waals surface area contributed by atoms with Gasteiger partial charge in [0.05, 0.1) is 83.6 Å². The molecule has 8 N–H and O–H groups in total. The smallest absolute Gasteiger partial charge is 0.410 e. The molecule has 2 amide bonds. The van der Waals surface area contributed by atoms with E-state index in [9.17, 15) is 14.4 Å². The highest BCUT2D eigenvalue weighted by Crippen LogP contribution is 2.19. The van der Waals surface area contributed by atoms with Gasteiger partial charge in [0.25, 0.3) is 0 Å². The van der Waals surface area contributed by atoms with Crippen molar-refractivity contribution >= 4 is 30.4 Å². The van der Waals surface area contributed by atoms with Crippen LogP contribution in [0.5, 0.6) is 0 Å². The Morgan fingerprint density at radius 2 is 0.914 bits per heavy atom. The second kappa shape index (κ2) is 33.8. The molecule has 3 rings (SSSR count). The fourth-order valence-corrected chi connectivity index (χ4v) is 4.95. The maximum atomic E-state index is 11.9. The lowest BCUT2D eigenvalue weighted by atomic mass is 10.2. The second-order valence-corrected chi connectivity index (χ2v) is 17.1. The molecule has 17 nitrogen and oxygen atoms in total. The molecule has 3 aliphatic rings. The first kappa shape index (κ1) is 62.7. The molecule has 0 aromatic heterocycles. The van der Waals surface area contributed by atoms with E-state index in [0.29, 0.717) is 38.5 Å². The van der Waals surface area contributed by atoms with Gasteiger partial charge < -0.3 is 60.5 Å². The number of nitrogens with one attached hydrogen (secondary N) is 2. The third-order valence-electron chi connectivity index (χ3n) is 7.48. The molecule has 0 radical (unpaired) electrons.